The number of hydrogen-bond acceptors (Lipinski definition) is 5. The SMILES string of the molecule is Nc1nc(CCC(=O)N2CCC[C@H](c3nccn3CC3CCC3)C2)cs1. The van der Waals surface area contributed by atoms with E-state index in [0.717, 1.165) is 44.1 Å². The van der Waals surface area contributed by atoms with Crippen molar-refractivity contribution >= 4 is 22.4 Å². The number of thiazole rings is 1. The first-order valence-electron chi connectivity index (χ1n) is 9.67. The lowest BCUT2D eigenvalue weighted by atomic mass is 9.85. The predicted octanol–water partition coefficient (Wildman–Crippen LogP) is 3.06. The summed E-state index contributed by atoms with van der Waals surface area (Å²) < 4.78 is 2.33. The Hall–Kier alpha value is -1.89. The van der Waals surface area contributed by atoms with Crippen molar-refractivity contribution in [2.24, 2.45) is 5.92 Å². The van der Waals surface area contributed by atoms with Crippen LogP contribution < -0.4 is 5.73 Å². The van der Waals surface area contributed by atoms with Gasteiger partial charge >= 0.3 is 0 Å². The van der Waals surface area contributed by atoms with Crippen molar-refractivity contribution in [3.05, 3.63) is 29.3 Å². The van der Waals surface area contributed by atoms with Gasteiger partial charge in [-0.1, -0.05) is 6.42 Å². The molecule has 1 saturated heterocycles. The van der Waals surface area contributed by atoms with E-state index < -0.39 is 0 Å². The number of rotatable bonds is 6. The molecule has 1 saturated carbocycles. The van der Waals surface area contributed by atoms with Crippen LogP contribution in [0.4, 0.5) is 5.13 Å². The summed E-state index contributed by atoms with van der Waals surface area (Å²) in [5.41, 5.74) is 6.59. The maximum absolute atomic E-state index is 12.7. The highest BCUT2D eigenvalue weighted by Gasteiger charge is 2.28. The Morgan fingerprint density at radius 2 is 2.19 bits per heavy atom. The number of amides is 1. The van der Waals surface area contributed by atoms with Gasteiger partial charge in [-0.15, -0.1) is 11.3 Å². The number of anilines is 1. The Morgan fingerprint density at radius 3 is 2.92 bits per heavy atom. The van der Waals surface area contributed by atoms with Crippen LogP contribution in [0.1, 0.15) is 56.0 Å². The maximum atomic E-state index is 12.7. The van der Waals surface area contributed by atoms with Crippen LogP contribution >= 0.6 is 11.3 Å². The molecule has 0 spiro atoms. The summed E-state index contributed by atoms with van der Waals surface area (Å²) in [6, 6.07) is 0. The first-order valence-corrected chi connectivity index (χ1v) is 10.6. The quantitative estimate of drug-likeness (QED) is 0.844. The molecule has 6 nitrogen and oxygen atoms in total. The molecule has 4 rings (SSSR count). The number of aromatic nitrogens is 3. The number of likely N-dealkylation sites (tertiary alicyclic amines) is 1. The van der Waals surface area contributed by atoms with Gasteiger partial charge in [-0.25, -0.2) is 9.97 Å². The van der Waals surface area contributed by atoms with Crippen LogP contribution in [0.5, 0.6) is 0 Å². The Kier molecular flexibility index (Phi) is 5.24. The normalized spacial score (nSPS) is 20.9. The van der Waals surface area contributed by atoms with E-state index >= 15 is 0 Å². The average Bonchev–Trinajstić information content (AvgIpc) is 3.25. The van der Waals surface area contributed by atoms with Crippen molar-refractivity contribution in [1.82, 2.24) is 19.4 Å². The highest BCUT2D eigenvalue weighted by Crippen LogP contribution is 2.31. The standard InChI is InChI=1S/C19H27N5OS/c20-19-22-16(13-26-19)6-7-17(25)23-9-2-5-15(12-23)18-21-8-10-24(18)11-14-3-1-4-14/h8,10,13-15H,1-7,9,11-12H2,(H2,20,22)/t15-/m0/s1. The van der Waals surface area contributed by atoms with E-state index in [2.05, 4.69) is 20.7 Å². The highest BCUT2D eigenvalue weighted by atomic mass is 32.1. The fourth-order valence-electron chi connectivity index (χ4n) is 4.03. The highest BCUT2D eigenvalue weighted by molar-refractivity contribution is 7.13. The molecule has 2 aromatic heterocycles. The Morgan fingerprint density at radius 1 is 1.31 bits per heavy atom. The molecule has 3 heterocycles. The summed E-state index contributed by atoms with van der Waals surface area (Å²) in [6.45, 7) is 2.74. The minimum Gasteiger partial charge on any atom is -0.375 e. The molecular formula is C19H27N5OS. The second kappa shape index (κ2) is 7.78. The van der Waals surface area contributed by atoms with Crippen molar-refractivity contribution < 1.29 is 4.79 Å². The summed E-state index contributed by atoms with van der Waals surface area (Å²) >= 11 is 1.43. The third-order valence-corrected chi connectivity index (χ3v) is 6.45. The van der Waals surface area contributed by atoms with Crippen LogP contribution in [-0.2, 0) is 17.8 Å². The zero-order valence-electron chi connectivity index (χ0n) is 15.1. The predicted molar refractivity (Wildman–Crippen MR) is 103 cm³/mol. The number of carbonyl (C=O) groups is 1. The third kappa shape index (κ3) is 3.92. The summed E-state index contributed by atoms with van der Waals surface area (Å²) in [4.78, 5) is 23.6. The lowest BCUT2D eigenvalue weighted by Crippen LogP contribution is -2.40. The number of aryl methyl sites for hydroxylation is 1. The number of hydrogen-bond donors (Lipinski definition) is 1. The summed E-state index contributed by atoms with van der Waals surface area (Å²) in [7, 11) is 0. The van der Waals surface area contributed by atoms with Gasteiger partial charge in [0.05, 0.1) is 5.69 Å². The number of piperidine rings is 1. The van der Waals surface area contributed by atoms with Crippen LogP contribution in [0.25, 0.3) is 0 Å². The fourth-order valence-corrected chi connectivity index (χ4v) is 4.63. The molecule has 1 aliphatic carbocycles. The Labute approximate surface area is 158 Å². The van der Waals surface area contributed by atoms with Crippen LogP contribution in [0, 0.1) is 5.92 Å². The number of imidazole rings is 1. The lowest BCUT2D eigenvalue weighted by molar-refractivity contribution is -0.132. The molecule has 1 aliphatic heterocycles. The molecule has 26 heavy (non-hydrogen) atoms. The minimum atomic E-state index is 0.221. The van der Waals surface area contributed by atoms with Crippen LogP contribution in [-0.4, -0.2) is 38.4 Å². The van der Waals surface area contributed by atoms with E-state index in [9.17, 15) is 4.79 Å². The van der Waals surface area contributed by atoms with E-state index in [4.69, 9.17) is 5.73 Å². The number of nitrogens with two attached hydrogens (primary N) is 1. The van der Waals surface area contributed by atoms with E-state index in [1.165, 1.54) is 36.4 Å². The molecule has 0 radical (unpaired) electrons. The van der Waals surface area contributed by atoms with Gasteiger partial charge in [-0.05, 0) is 38.0 Å². The number of nitrogens with zero attached hydrogens (tertiary/aromatic N) is 4. The van der Waals surface area contributed by atoms with Crippen molar-refractivity contribution in [3.63, 3.8) is 0 Å². The van der Waals surface area contributed by atoms with Crippen LogP contribution in [0.3, 0.4) is 0 Å². The molecule has 0 aromatic carbocycles. The van der Waals surface area contributed by atoms with E-state index in [0.29, 0.717) is 23.9 Å². The fraction of sp³-hybridized carbons (Fsp3) is 0.632. The lowest BCUT2D eigenvalue weighted by Gasteiger charge is -2.33. The molecule has 0 unspecified atom stereocenters. The molecular weight excluding hydrogens is 346 g/mol. The van der Waals surface area contributed by atoms with Gasteiger partial charge in [0.1, 0.15) is 5.82 Å². The summed E-state index contributed by atoms with van der Waals surface area (Å²) in [6.07, 6.45) is 11.4. The zero-order valence-corrected chi connectivity index (χ0v) is 16.0. The average molecular weight is 374 g/mol. The number of nitrogen functional groups attached to an aromatic ring is 1. The molecule has 2 aromatic rings. The van der Waals surface area contributed by atoms with Crippen LogP contribution in [0.15, 0.2) is 17.8 Å². The van der Waals surface area contributed by atoms with E-state index in [1.54, 1.807) is 0 Å². The van der Waals surface area contributed by atoms with Crippen molar-refractivity contribution in [2.45, 2.75) is 57.4 Å². The third-order valence-electron chi connectivity index (χ3n) is 5.73. The molecule has 2 aliphatic rings. The monoisotopic (exact) mass is 373 g/mol. The summed E-state index contributed by atoms with van der Waals surface area (Å²) in [5, 5.41) is 2.52. The smallest absolute Gasteiger partial charge is 0.222 e. The van der Waals surface area contributed by atoms with Gasteiger partial charge in [0.2, 0.25) is 5.91 Å². The molecule has 1 amide bonds. The van der Waals surface area contributed by atoms with E-state index in [-0.39, 0.29) is 5.91 Å². The Bertz CT molecular complexity index is 751. The largest absolute Gasteiger partial charge is 0.375 e. The topological polar surface area (TPSA) is 77.0 Å². The molecule has 7 heteroatoms. The zero-order chi connectivity index (χ0) is 17.9. The molecule has 2 N–H and O–H groups in total. The second-order valence-corrected chi connectivity index (χ2v) is 8.48. The van der Waals surface area contributed by atoms with Gasteiger partial charge in [0, 0.05) is 49.7 Å². The van der Waals surface area contributed by atoms with Crippen molar-refractivity contribution in [3.8, 4) is 0 Å². The van der Waals surface area contributed by atoms with Gasteiger partial charge in [-0.3, -0.25) is 4.79 Å². The number of carbonyl (C=O) groups excluding carboxylic acids is 1. The maximum Gasteiger partial charge on any atom is 0.222 e. The first kappa shape index (κ1) is 17.5. The Balaban J connectivity index is 1.35. The van der Waals surface area contributed by atoms with Crippen molar-refractivity contribution in [2.75, 3.05) is 18.8 Å². The van der Waals surface area contributed by atoms with E-state index in [1.807, 2.05) is 16.5 Å². The molecule has 0 bridgehead atoms. The first-order chi connectivity index (χ1) is 12.7. The molecule has 140 valence electrons. The second-order valence-electron chi connectivity index (χ2n) is 7.59. The van der Waals surface area contributed by atoms with Gasteiger partial charge in [0.25, 0.3) is 0 Å². The van der Waals surface area contributed by atoms with Crippen LogP contribution in [0.2, 0.25) is 0 Å². The molecule has 2 fully saturated rings. The van der Waals surface area contributed by atoms with Gasteiger partial charge in [-0.2, -0.15) is 0 Å². The van der Waals surface area contributed by atoms with Gasteiger partial charge < -0.3 is 15.2 Å². The van der Waals surface area contributed by atoms with Gasteiger partial charge in [0.15, 0.2) is 5.13 Å². The molecule has 1 atom stereocenters. The van der Waals surface area contributed by atoms with Crippen molar-refractivity contribution in [1.29, 1.82) is 0 Å². The summed E-state index contributed by atoms with van der Waals surface area (Å²) in [5.74, 6) is 2.56. The minimum absolute atomic E-state index is 0.221.